The van der Waals surface area contributed by atoms with Gasteiger partial charge in [-0.05, 0) is 25.7 Å². The first-order valence-electron chi connectivity index (χ1n) is 7.08. The maximum atomic E-state index is 5.96. The molecule has 0 atom stereocenters. The molecule has 6 heteroatoms. The highest BCUT2D eigenvalue weighted by atomic mass is 32.1. The molecule has 0 radical (unpaired) electrons. The fourth-order valence-corrected chi connectivity index (χ4v) is 3.71. The lowest BCUT2D eigenvalue weighted by atomic mass is 10.0. The number of hydrogen-bond acceptors (Lipinski definition) is 5. The molecule has 0 bridgehead atoms. The van der Waals surface area contributed by atoms with Crippen molar-refractivity contribution in [1.29, 1.82) is 0 Å². The molecular weight excluding hydrogens is 282 g/mol. The van der Waals surface area contributed by atoms with Crippen molar-refractivity contribution in [3.8, 4) is 0 Å². The van der Waals surface area contributed by atoms with Crippen LogP contribution in [0.3, 0.4) is 0 Å². The van der Waals surface area contributed by atoms with Crippen LogP contribution in [0.25, 0.3) is 10.8 Å². The number of nitrogens with two attached hydrogens (primary N) is 1. The summed E-state index contributed by atoms with van der Waals surface area (Å²) in [6.07, 6.45) is 4.68. The normalized spacial score (nSPS) is 14.9. The van der Waals surface area contributed by atoms with Gasteiger partial charge in [0, 0.05) is 15.6 Å². The van der Waals surface area contributed by atoms with Gasteiger partial charge in [-0.25, -0.2) is 4.98 Å². The smallest absolute Gasteiger partial charge is 0.230 e. The largest absolute Gasteiger partial charge is 0.385 e. The van der Waals surface area contributed by atoms with E-state index >= 15 is 0 Å². The lowest BCUT2D eigenvalue weighted by Crippen LogP contribution is -1.98. The number of aryl methyl sites for hydroxylation is 2. The average Bonchev–Trinajstić information content (AvgIpc) is 3.07. The summed E-state index contributed by atoms with van der Waals surface area (Å²) in [5, 5.41) is 11.3. The van der Waals surface area contributed by atoms with Crippen molar-refractivity contribution in [2.45, 2.75) is 25.7 Å². The first-order valence-corrected chi connectivity index (χ1v) is 7.89. The second-order valence-corrected chi connectivity index (χ2v) is 6.27. The monoisotopic (exact) mass is 297 g/mol. The molecule has 2 heterocycles. The quantitative estimate of drug-likeness (QED) is 0.683. The van der Waals surface area contributed by atoms with Crippen molar-refractivity contribution >= 4 is 38.9 Å². The Balaban J connectivity index is 1.69. The molecule has 5 nitrogen and oxygen atoms in total. The Bertz CT molecular complexity index is 806. The highest BCUT2D eigenvalue weighted by Gasteiger charge is 2.15. The maximum Gasteiger partial charge on any atom is 0.230 e. The zero-order valence-corrected chi connectivity index (χ0v) is 12.3. The number of nitrogens with zero attached hydrogens (tertiary/aromatic N) is 3. The van der Waals surface area contributed by atoms with Crippen LogP contribution in [0.4, 0.5) is 16.8 Å². The summed E-state index contributed by atoms with van der Waals surface area (Å²) < 4.78 is 0. The Morgan fingerprint density at radius 3 is 2.76 bits per heavy atom. The predicted molar refractivity (Wildman–Crippen MR) is 85.6 cm³/mol. The predicted octanol–water partition coefficient (Wildman–Crippen LogP) is 4.50. The van der Waals surface area contributed by atoms with Gasteiger partial charge in [0.25, 0.3) is 0 Å². The second-order valence-electron chi connectivity index (χ2n) is 5.21. The van der Waals surface area contributed by atoms with Crippen LogP contribution in [0, 0.1) is 0 Å². The number of hydrogen-bond donors (Lipinski definition) is 2. The molecule has 1 aliphatic carbocycles. The number of benzene rings is 1. The third-order valence-corrected chi connectivity index (χ3v) is 4.84. The third kappa shape index (κ3) is 2.21. The van der Waals surface area contributed by atoms with Gasteiger partial charge in [0.15, 0.2) is 5.82 Å². The van der Waals surface area contributed by atoms with Crippen molar-refractivity contribution in [3.05, 3.63) is 34.8 Å². The van der Waals surface area contributed by atoms with Gasteiger partial charge in [-0.2, -0.15) is 0 Å². The number of rotatable bonds is 2. The van der Waals surface area contributed by atoms with Crippen LogP contribution >= 0.6 is 11.3 Å². The van der Waals surface area contributed by atoms with Crippen LogP contribution in [0.15, 0.2) is 34.5 Å². The Labute approximate surface area is 125 Å². The molecule has 0 spiro atoms. The topological polar surface area (TPSA) is 79.4 Å². The molecule has 106 valence electrons. The zero-order valence-electron chi connectivity index (χ0n) is 11.5. The molecule has 0 amide bonds. The second kappa shape index (κ2) is 4.96. The van der Waals surface area contributed by atoms with Gasteiger partial charge in [-0.1, -0.05) is 35.6 Å². The van der Waals surface area contributed by atoms with Gasteiger partial charge in [0.2, 0.25) is 5.13 Å². The minimum absolute atomic E-state index is 0.623. The summed E-state index contributed by atoms with van der Waals surface area (Å²) >= 11 is 1.65. The van der Waals surface area contributed by atoms with E-state index in [0.29, 0.717) is 11.6 Å². The molecule has 0 saturated carbocycles. The molecule has 21 heavy (non-hydrogen) atoms. The standard InChI is InChI=1S/C15H15N5S/c16-13-9-5-1-2-6-10(9)14(18-13)19-20-15-17-11-7-3-4-8-12(11)21-15/h1-2,5-6,18H,3-4,7-8,16H2. The van der Waals surface area contributed by atoms with Crippen LogP contribution in [0.2, 0.25) is 0 Å². The fraction of sp³-hybridized carbons (Fsp3) is 0.267. The molecule has 0 saturated heterocycles. The van der Waals surface area contributed by atoms with Crippen molar-refractivity contribution < 1.29 is 0 Å². The number of anilines is 1. The molecule has 1 aromatic carbocycles. The van der Waals surface area contributed by atoms with Crippen molar-refractivity contribution in [2.24, 2.45) is 10.2 Å². The van der Waals surface area contributed by atoms with Gasteiger partial charge < -0.3 is 10.7 Å². The lowest BCUT2D eigenvalue weighted by Gasteiger charge is -2.06. The van der Waals surface area contributed by atoms with Crippen molar-refractivity contribution in [1.82, 2.24) is 9.97 Å². The number of azo groups is 1. The van der Waals surface area contributed by atoms with E-state index in [4.69, 9.17) is 5.73 Å². The average molecular weight is 297 g/mol. The minimum atomic E-state index is 0.623. The van der Waals surface area contributed by atoms with Crippen LogP contribution in [0.5, 0.6) is 0 Å². The van der Waals surface area contributed by atoms with E-state index in [1.54, 1.807) is 11.3 Å². The van der Waals surface area contributed by atoms with Gasteiger partial charge in [0.05, 0.1) is 5.69 Å². The first-order chi connectivity index (χ1) is 10.3. The molecule has 0 unspecified atom stereocenters. The number of aromatic nitrogens is 2. The summed E-state index contributed by atoms with van der Waals surface area (Å²) in [4.78, 5) is 9.01. The molecule has 1 aliphatic rings. The molecule has 0 aliphatic heterocycles. The van der Waals surface area contributed by atoms with Crippen molar-refractivity contribution in [2.75, 3.05) is 5.73 Å². The number of nitrogens with one attached hydrogen (secondary N) is 1. The molecule has 3 N–H and O–H groups in total. The Kier molecular flexibility index (Phi) is 2.96. The van der Waals surface area contributed by atoms with Gasteiger partial charge >= 0.3 is 0 Å². The highest BCUT2D eigenvalue weighted by molar-refractivity contribution is 7.15. The third-order valence-electron chi connectivity index (χ3n) is 3.80. The number of nitrogen functional groups attached to an aromatic ring is 1. The summed E-state index contributed by atoms with van der Waals surface area (Å²) in [5.74, 6) is 1.31. The first kappa shape index (κ1) is 12.5. The molecule has 4 rings (SSSR count). The summed E-state index contributed by atoms with van der Waals surface area (Å²) in [7, 11) is 0. The van der Waals surface area contributed by atoms with Gasteiger partial charge in [-0.3, -0.25) is 0 Å². The van der Waals surface area contributed by atoms with E-state index in [1.807, 2.05) is 24.3 Å². The molecular formula is C15H15N5S. The van der Waals surface area contributed by atoms with Gasteiger partial charge in [-0.15, -0.1) is 10.2 Å². The maximum absolute atomic E-state index is 5.96. The van der Waals surface area contributed by atoms with E-state index in [9.17, 15) is 0 Å². The minimum Gasteiger partial charge on any atom is -0.385 e. The van der Waals surface area contributed by atoms with E-state index in [1.165, 1.54) is 23.4 Å². The summed E-state index contributed by atoms with van der Waals surface area (Å²) in [6, 6.07) is 7.89. The Hall–Kier alpha value is -2.21. The summed E-state index contributed by atoms with van der Waals surface area (Å²) in [5.41, 5.74) is 7.16. The molecule has 0 fully saturated rings. The van der Waals surface area contributed by atoms with E-state index < -0.39 is 0 Å². The lowest BCUT2D eigenvalue weighted by molar-refractivity contribution is 0.682. The van der Waals surface area contributed by atoms with Gasteiger partial charge in [0.1, 0.15) is 5.82 Å². The fourth-order valence-electron chi connectivity index (χ4n) is 2.74. The van der Waals surface area contributed by atoms with Crippen LogP contribution < -0.4 is 5.73 Å². The molecule has 2 aromatic heterocycles. The van der Waals surface area contributed by atoms with Crippen molar-refractivity contribution in [3.63, 3.8) is 0 Å². The summed E-state index contributed by atoms with van der Waals surface area (Å²) in [6.45, 7) is 0. The molecule has 3 aromatic rings. The van der Waals surface area contributed by atoms with Crippen LogP contribution in [-0.4, -0.2) is 9.97 Å². The Morgan fingerprint density at radius 2 is 1.90 bits per heavy atom. The van der Waals surface area contributed by atoms with E-state index in [2.05, 4.69) is 20.2 Å². The van der Waals surface area contributed by atoms with E-state index in [-0.39, 0.29) is 0 Å². The number of thiazole rings is 1. The Morgan fingerprint density at radius 1 is 1.10 bits per heavy atom. The number of fused-ring (bicyclic) bond motifs is 2. The number of H-pyrrole nitrogens is 1. The SMILES string of the molecule is Nc1[nH]c(N=Nc2nc3c(s2)CCCC3)c2ccccc12. The highest BCUT2D eigenvalue weighted by Crippen LogP contribution is 2.34. The van der Waals surface area contributed by atoms with E-state index in [0.717, 1.165) is 28.7 Å². The van der Waals surface area contributed by atoms with Crippen LogP contribution in [0.1, 0.15) is 23.4 Å². The van der Waals surface area contributed by atoms with Crippen LogP contribution in [-0.2, 0) is 12.8 Å². The number of aromatic amines is 1. The zero-order chi connectivity index (χ0) is 14.2.